The highest BCUT2D eigenvalue weighted by molar-refractivity contribution is 5.80. The van der Waals surface area contributed by atoms with Gasteiger partial charge in [-0.25, -0.2) is 0 Å². The molecule has 1 heterocycles. The van der Waals surface area contributed by atoms with Crippen LogP contribution in [0, 0.1) is 0 Å². The Kier molecular flexibility index (Phi) is 9.68. The van der Waals surface area contributed by atoms with E-state index >= 15 is 0 Å². The standard InChI is InChI=1S/C25H35NO/c1-3-5-6-7-8-9-10-11-12-13-14-17-22-21-25(27)23-18-15-16-19-24(23)26(22)20-4-2/h4,14-19,21H,2-3,5-13,20H2,1H3/b17-14+. The number of hydrogen-bond donors (Lipinski definition) is 0. The molecule has 0 atom stereocenters. The summed E-state index contributed by atoms with van der Waals surface area (Å²) in [5.41, 5.74) is 2.04. The summed E-state index contributed by atoms with van der Waals surface area (Å²) in [5.74, 6) is 0. The zero-order valence-corrected chi connectivity index (χ0v) is 17.0. The lowest BCUT2D eigenvalue weighted by Crippen LogP contribution is -2.11. The minimum atomic E-state index is 0.0913. The van der Waals surface area contributed by atoms with E-state index in [9.17, 15) is 4.79 Å². The predicted octanol–water partition coefficient (Wildman–Crippen LogP) is 7.12. The van der Waals surface area contributed by atoms with Crippen molar-refractivity contribution in [3.63, 3.8) is 0 Å². The third-order valence-electron chi connectivity index (χ3n) is 5.13. The number of unbranched alkanes of at least 4 members (excludes halogenated alkanes) is 9. The van der Waals surface area contributed by atoms with Gasteiger partial charge in [-0.05, 0) is 31.1 Å². The predicted molar refractivity (Wildman–Crippen MR) is 119 cm³/mol. The first kappa shape index (κ1) is 21.2. The summed E-state index contributed by atoms with van der Waals surface area (Å²) < 4.78 is 2.16. The molecule has 27 heavy (non-hydrogen) atoms. The van der Waals surface area contributed by atoms with Gasteiger partial charge in [-0.1, -0.05) is 82.6 Å². The molecule has 1 aromatic heterocycles. The Morgan fingerprint density at radius 1 is 0.963 bits per heavy atom. The average Bonchev–Trinajstić information content (AvgIpc) is 2.69. The van der Waals surface area contributed by atoms with Crippen LogP contribution in [0.1, 0.15) is 76.8 Å². The first-order valence-electron chi connectivity index (χ1n) is 10.7. The first-order valence-corrected chi connectivity index (χ1v) is 10.7. The van der Waals surface area contributed by atoms with E-state index in [0.717, 1.165) is 23.0 Å². The number of hydrogen-bond acceptors (Lipinski definition) is 1. The highest BCUT2D eigenvalue weighted by Gasteiger charge is 2.05. The number of aromatic nitrogens is 1. The van der Waals surface area contributed by atoms with Gasteiger partial charge in [0.15, 0.2) is 5.43 Å². The Morgan fingerprint density at radius 2 is 1.63 bits per heavy atom. The topological polar surface area (TPSA) is 22.0 Å². The van der Waals surface area contributed by atoms with E-state index in [-0.39, 0.29) is 5.43 Å². The highest BCUT2D eigenvalue weighted by Crippen LogP contribution is 2.15. The summed E-state index contributed by atoms with van der Waals surface area (Å²) >= 11 is 0. The Balaban J connectivity index is 1.84. The molecule has 0 saturated carbocycles. The van der Waals surface area contributed by atoms with Crippen LogP contribution < -0.4 is 5.43 Å². The lowest BCUT2D eigenvalue weighted by atomic mass is 10.1. The molecule has 2 rings (SSSR count). The van der Waals surface area contributed by atoms with Crippen molar-refractivity contribution in [2.24, 2.45) is 0 Å². The minimum Gasteiger partial charge on any atom is -0.337 e. The summed E-state index contributed by atoms with van der Waals surface area (Å²) in [4.78, 5) is 12.4. The maximum Gasteiger partial charge on any atom is 0.190 e. The summed E-state index contributed by atoms with van der Waals surface area (Å²) in [6.45, 7) is 6.84. The van der Waals surface area contributed by atoms with Gasteiger partial charge in [-0.2, -0.15) is 0 Å². The second-order valence-electron chi connectivity index (χ2n) is 7.37. The number of para-hydroxylation sites is 1. The van der Waals surface area contributed by atoms with Crippen molar-refractivity contribution >= 4 is 17.0 Å². The summed E-state index contributed by atoms with van der Waals surface area (Å²) in [6, 6.07) is 9.56. The lowest BCUT2D eigenvalue weighted by molar-refractivity contribution is 0.566. The molecule has 0 aliphatic rings. The van der Waals surface area contributed by atoms with Gasteiger partial charge in [0.1, 0.15) is 0 Å². The van der Waals surface area contributed by atoms with Crippen molar-refractivity contribution in [3.05, 3.63) is 65.0 Å². The molecule has 0 spiro atoms. The fraction of sp³-hybridized carbons (Fsp3) is 0.480. The molecule has 2 aromatic rings. The molecule has 0 unspecified atom stereocenters. The van der Waals surface area contributed by atoms with Crippen LogP contribution in [0.15, 0.2) is 53.9 Å². The van der Waals surface area contributed by atoms with Crippen molar-refractivity contribution in [1.29, 1.82) is 0 Å². The van der Waals surface area contributed by atoms with E-state index in [0.29, 0.717) is 6.54 Å². The van der Waals surface area contributed by atoms with Crippen LogP contribution >= 0.6 is 0 Å². The number of benzene rings is 1. The van der Waals surface area contributed by atoms with E-state index in [1.807, 2.05) is 30.3 Å². The molecule has 0 amide bonds. The first-order chi connectivity index (χ1) is 13.3. The monoisotopic (exact) mass is 365 g/mol. The van der Waals surface area contributed by atoms with Crippen molar-refractivity contribution in [2.45, 2.75) is 77.7 Å². The van der Waals surface area contributed by atoms with Crippen LogP contribution in [0.3, 0.4) is 0 Å². The molecule has 0 N–H and O–H groups in total. The van der Waals surface area contributed by atoms with Crippen LogP contribution in [-0.4, -0.2) is 4.57 Å². The van der Waals surface area contributed by atoms with E-state index in [1.54, 1.807) is 6.07 Å². The summed E-state index contributed by atoms with van der Waals surface area (Å²) in [7, 11) is 0. The molecule has 2 heteroatoms. The smallest absolute Gasteiger partial charge is 0.190 e. The Hall–Kier alpha value is -2.09. The van der Waals surface area contributed by atoms with Crippen molar-refractivity contribution < 1.29 is 0 Å². The Bertz CT molecular complexity index is 785. The average molecular weight is 366 g/mol. The van der Waals surface area contributed by atoms with Gasteiger partial charge < -0.3 is 4.57 Å². The van der Waals surface area contributed by atoms with Crippen LogP contribution in [0.2, 0.25) is 0 Å². The SMILES string of the molecule is C=CCn1c(/C=C/CCCCCCCCCCC)cc(=O)c2ccccc21. The third-order valence-corrected chi connectivity index (χ3v) is 5.13. The van der Waals surface area contributed by atoms with Gasteiger partial charge in [-0.15, -0.1) is 6.58 Å². The molecule has 1 aromatic carbocycles. The zero-order valence-electron chi connectivity index (χ0n) is 17.0. The van der Waals surface area contributed by atoms with Gasteiger partial charge in [-0.3, -0.25) is 4.79 Å². The molecule has 0 fully saturated rings. The summed E-state index contributed by atoms with van der Waals surface area (Å²) in [5, 5.41) is 0.774. The number of pyridine rings is 1. The molecule has 2 nitrogen and oxygen atoms in total. The molecule has 0 bridgehead atoms. The van der Waals surface area contributed by atoms with E-state index < -0.39 is 0 Å². The zero-order chi connectivity index (χ0) is 19.3. The van der Waals surface area contributed by atoms with Crippen LogP contribution in [0.4, 0.5) is 0 Å². The summed E-state index contributed by atoms with van der Waals surface area (Å²) in [6.07, 6.45) is 19.4. The van der Waals surface area contributed by atoms with Gasteiger partial charge in [0.05, 0.1) is 5.52 Å². The Labute approximate surface area is 164 Å². The van der Waals surface area contributed by atoms with E-state index in [1.165, 1.54) is 57.8 Å². The maximum absolute atomic E-state index is 12.4. The largest absolute Gasteiger partial charge is 0.337 e. The van der Waals surface area contributed by atoms with Crippen molar-refractivity contribution in [3.8, 4) is 0 Å². The van der Waals surface area contributed by atoms with Gasteiger partial charge in [0, 0.05) is 23.7 Å². The molecule has 0 aliphatic carbocycles. The van der Waals surface area contributed by atoms with Crippen LogP contribution in [0.5, 0.6) is 0 Å². The number of allylic oxidation sites excluding steroid dienone is 2. The van der Waals surface area contributed by atoms with Gasteiger partial charge in [0.25, 0.3) is 0 Å². The second-order valence-corrected chi connectivity index (χ2v) is 7.37. The van der Waals surface area contributed by atoms with Crippen LogP contribution in [0.25, 0.3) is 17.0 Å². The fourth-order valence-electron chi connectivity index (χ4n) is 3.59. The molecule has 0 aliphatic heterocycles. The number of rotatable bonds is 13. The molecular weight excluding hydrogens is 330 g/mol. The van der Waals surface area contributed by atoms with E-state index in [2.05, 4.69) is 30.2 Å². The third kappa shape index (κ3) is 6.86. The van der Waals surface area contributed by atoms with E-state index in [4.69, 9.17) is 0 Å². The maximum atomic E-state index is 12.4. The van der Waals surface area contributed by atoms with Crippen LogP contribution in [-0.2, 0) is 6.54 Å². The quantitative estimate of drug-likeness (QED) is 0.273. The molecule has 146 valence electrons. The fourth-order valence-corrected chi connectivity index (χ4v) is 3.59. The lowest BCUT2D eigenvalue weighted by Gasteiger charge is -2.12. The molecular formula is C25H35NO. The van der Waals surface area contributed by atoms with Gasteiger partial charge >= 0.3 is 0 Å². The second kappa shape index (κ2) is 12.3. The number of nitrogens with zero attached hydrogens (tertiary/aromatic N) is 1. The molecule has 0 radical (unpaired) electrons. The van der Waals surface area contributed by atoms with Crippen molar-refractivity contribution in [1.82, 2.24) is 4.57 Å². The van der Waals surface area contributed by atoms with Crippen molar-refractivity contribution in [2.75, 3.05) is 0 Å². The Morgan fingerprint density at radius 3 is 2.33 bits per heavy atom. The van der Waals surface area contributed by atoms with Gasteiger partial charge in [0.2, 0.25) is 0 Å². The normalized spacial score (nSPS) is 11.4. The molecule has 0 saturated heterocycles. The highest BCUT2D eigenvalue weighted by atomic mass is 16.1. The minimum absolute atomic E-state index is 0.0913. The number of fused-ring (bicyclic) bond motifs is 1.